The molecule has 1 heterocycles. The van der Waals surface area contributed by atoms with E-state index in [2.05, 4.69) is 5.32 Å². The van der Waals surface area contributed by atoms with Crippen LogP contribution in [0, 0.1) is 5.92 Å². The largest absolute Gasteiger partial charge is 0.493 e. The highest BCUT2D eigenvalue weighted by Crippen LogP contribution is 2.40. The van der Waals surface area contributed by atoms with E-state index >= 15 is 0 Å². The molecule has 31 heavy (non-hydrogen) atoms. The van der Waals surface area contributed by atoms with E-state index in [1.807, 2.05) is 23.1 Å². The van der Waals surface area contributed by atoms with E-state index in [1.165, 1.54) is 21.3 Å². The summed E-state index contributed by atoms with van der Waals surface area (Å²) in [4.78, 5) is 27.9. The van der Waals surface area contributed by atoms with Crippen LogP contribution < -0.4 is 24.4 Å². The minimum Gasteiger partial charge on any atom is -0.493 e. The van der Waals surface area contributed by atoms with Crippen LogP contribution in [0.15, 0.2) is 30.3 Å². The predicted molar refractivity (Wildman–Crippen MR) is 119 cm³/mol. The van der Waals surface area contributed by atoms with Gasteiger partial charge >= 0.3 is 0 Å². The molecule has 0 bridgehead atoms. The third kappa shape index (κ3) is 3.92. The van der Waals surface area contributed by atoms with Gasteiger partial charge in [0.1, 0.15) is 0 Å². The third-order valence-electron chi connectivity index (χ3n) is 6.16. The normalized spacial score (nSPS) is 15.5. The van der Waals surface area contributed by atoms with E-state index < -0.39 is 0 Å². The van der Waals surface area contributed by atoms with Crippen LogP contribution in [0.4, 0.5) is 11.4 Å². The average Bonchev–Trinajstić information content (AvgIpc) is 3.47. The lowest BCUT2D eigenvalue weighted by atomic mass is 10.1. The van der Waals surface area contributed by atoms with Crippen molar-refractivity contribution in [2.75, 3.05) is 38.1 Å². The number of nitrogens with zero attached hydrogens (tertiary/aromatic N) is 1. The summed E-state index contributed by atoms with van der Waals surface area (Å²) in [5, 5.41) is 2.93. The summed E-state index contributed by atoms with van der Waals surface area (Å²) in [5.74, 6) is 1.15. The van der Waals surface area contributed by atoms with Gasteiger partial charge in [-0.05, 0) is 49.1 Å². The monoisotopic (exact) mass is 424 g/mol. The van der Waals surface area contributed by atoms with Crippen LogP contribution in [0.1, 0.15) is 41.6 Å². The molecule has 1 fully saturated rings. The molecule has 1 aliphatic heterocycles. The second kappa shape index (κ2) is 8.88. The van der Waals surface area contributed by atoms with Crippen molar-refractivity contribution in [2.24, 2.45) is 5.92 Å². The highest BCUT2D eigenvalue weighted by Gasteiger charge is 2.32. The molecule has 2 aliphatic rings. The third-order valence-corrected chi connectivity index (χ3v) is 6.16. The van der Waals surface area contributed by atoms with Gasteiger partial charge in [0.25, 0.3) is 5.91 Å². The molecular weight excluding hydrogens is 396 g/mol. The first-order chi connectivity index (χ1) is 15.1. The zero-order valence-electron chi connectivity index (χ0n) is 18.2. The summed E-state index contributed by atoms with van der Waals surface area (Å²) in [6.07, 6.45) is 5.03. The Morgan fingerprint density at radius 1 is 0.968 bits per heavy atom. The zero-order chi connectivity index (χ0) is 22.0. The fraction of sp³-hybridized carbons (Fsp3) is 0.417. The quantitative estimate of drug-likeness (QED) is 0.757. The van der Waals surface area contributed by atoms with Gasteiger partial charge in [-0.25, -0.2) is 0 Å². The molecule has 0 aromatic heterocycles. The first-order valence-electron chi connectivity index (χ1n) is 10.6. The van der Waals surface area contributed by atoms with Crippen LogP contribution in [0.2, 0.25) is 0 Å². The number of methoxy groups -OCH3 is 3. The Labute approximate surface area is 182 Å². The minimum absolute atomic E-state index is 0.125. The fourth-order valence-corrected chi connectivity index (χ4v) is 4.56. The van der Waals surface area contributed by atoms with Crippen LogP contribution in [-0.2, 0) is 11.2 Å². The Bertz CT molecular complexity index is 998. The molecule has 0 atom stereocenters. The number of anilines is 2. The molecule has 7 nitrogen and oxygen atoms in total. The summed E-state index contributed by atoms with van der Waals surface area (Å²) in [6, 6.07) is 9.05. The van der Waals surface area contributed by atoms with E-state index in [9.17, 15) is 9.59 Å². The standard InChI is InChI=1S/C24H28N2O5/c1-29-20-11-10-18(21(30-2)22(20)31-3)23(27)25-17-9-8-15-12-13-26(19(15)14-17)24(28)16-6-4-5-7-16/h8-11,14,16H,4-7,12-13H2,1-3H3,(H,25,27). The van der Waals surface area contributed by atoms with Crippen molar-refractivity contribution in [3.8, 4) is 17.2 Å². The molecule has 1 aliphatic carbocycles. The average molecular weight is 424 g/mol. The highest BCUT2D eigenvalue weighted by molar-refractivity contribution is 6.07. The maximum Gasteiger partial charge on any atom is 0.259 e. The summed E-state index contributed by atoms with van der Waals surface area (Å²) in [6.45, 7) is 0.700. The van der Waals surface area contributed by atoms with Crippen LogP contribution in [-0.4, -0.2) is 39.7 Å². The highest BCUT2D eigenvalue weighted by atomic mass is 16.5. The van der Waals surface area contributed by atoms with Gasteiger partial charge in [-0.15, -0.1) is 0 Å². The number of carbonyl (C=O) groups is 2. The number of rotatable bonds is 6. The summed E-state index contributed by atoms with van der Waals surface area (Å²) in [7, 11) is 4.51. The van der Waals surface area contributed by atoms with Crippen molar-refractivity contribution in [1.29, 1.82) is 0 Å². The molecule has 164 valence electrons. The molecular formula is C24H28N2O5. The number of carbonyl (C=O) groups excluding carboxylic acids is 2. The minimum atomic E-state index is -0.329. The number of benzene rings is 2. The van der Waals surface area contributed by atoms with Gasteiger partial charge in [0.15, 0.2) is 11.5 Å². The van der Waals surface area contributed by atoms with Gasteiger partial charge in [0, 0.05) is 23.8 Å². The van der Waals surface area contributed by atoms with E-state index in [0.717, 1.165) is 43.4 Å². The Hall–Kier alpha value is -3.22. The van der Waals surface area contributed by atoms with Gasteiger partial charge in [0.05, 0.1) is 26.9 Å². The van der Waals surface area contributed by atoms with Crippen molar-refractivity contribution in [3.05, 3.63) is 41.5 Å². The second-order valence-electron chi connectivity index (χ2n) is 7.90. The number of fused-ring (bicyclic) bond motifs is 1. The molecule has 0 radical (unpaired) electrons. The van der Waals surface area contributed by atoms with E-state index in [-0.39, 0.29) is 17.7 Å². The van der Waals surface area contributed by atoms with Crippen molar-refractivity contribution in [2.45, 2.75) is 32.1 Å². The first kappa shape index (κ1) is 21.0. The lowest BCUT2D eigenvalue weighted by Crippen LogP contribution is -2.33. The molecule has 0 saturated heterocycles. The molecule has 1 N–H and O–H groups in total. The Morgan fingerprint density at radius 3 is 2.39 bits per heavy atom. The molecule has 2 amide bonds. The van der Waals surface area contributed by atoms with Crippen LogP contribution >= 0.6 is 0 Å². The molecule has 1 saturated carbocycles. The molecule has 2 aromatic rings. The van der Waals surface area contributed by atoms with Gasteiger partial charge in [-0.1, -0.05) is 18.9 Å². The molecule has 0 unspecified atom stereocenters. The van der Waals surface area contributed by atoms with Crippen molar-refractivity contribution in [1.82, 2.24) is 0 Å². The van der Waals surface area contributed by atoms with Gasteiger partial charge in [0.2, 0.25) is 11.7 Å². The predicted octanol–water partition coefficient (Wildman–Crippen LogP) is 4.04. The smallest absolute Gasteiger partial charge is 0.259 e. The SMILES string of the molecule is COc1ccc(C(=O)Nc2ccc3c(c2)N(C(=O)C2CCCC2)CC3)c(OC)c1OC. The number of hydrogen-bond donors (Lipinski definition) is 1. The molecule has 4 rings (SSSR count). The number of amides is 2. The topological polar surface area (TPSA) is 77.1 Å². The maximum atomic E-state index is 13.0. The number of ether oxygens (including phenoxy) is 3. The lowest BCUT2D eigenvalue weighted by molar-refractivity contribution is -0.122. The summed E-state index contributed by atoms with van der Waals surface area (Å²) >= 11 is 0. The summed E-state index contributed by atoms with van der Waals surface area (Å²) < 4.78 is 16.1. The number of nitrogens with one attached hydrogen (secondary N) is 1. The summed E-state index contributed by atoms with van der Waals surface area (Å²) in [5.41, 5.74) is 2.99. The van der Waals surface area contributed by atoms with Crippen LogP contribution in [0.25, 0.3) is 0 Å². The maximum absolute atomic E-state index is 13.0. The first-order valence-corrected chi connectivity index (χ1v) is 10.6. The van der Waals surface area contributed by atoms with Gasteiger partial charge in [-0.2, -0.15) is 0 Å². The zero-order valence-corrected chi connectivity index (χ0v) is 18.2. The second-order valence-corrected chi connectivity index (χ2v) is 7.90. The van der Waals surface area contributed by atoms with E-state index in [4.69, 9.17) is 14.2 Å². The van der Waals surface area contributed by atoms with E-state index in [1.54, 1.807) is 12.1 Å². The fourth-order valence-electron chi connectivity index (χ4n) is 4.56. The Morgan fingerprint density at radius 2 is 1.71 bits per heavy atom. The van der Waals surface area contributed by atoms with Crippen molar-refractivity contribution >= 4 is 23.2 Å². The Kier molecular flexibility index (Phi) is 6.02. The van der Waals surface area contributed by atoms with Crippen LogP contribution in [0.3, 0.4) is 0 Å². The molecule has 2 aromatic carbocycles. The van der Waals surface area contributed by atoms with Crippen LogP contribution in [0.5, 0.6) is 17.2 Å². The number of hydrogen-bond acceptors (Lipinski definition) is 5. The van der Waals surface area contributed by atoms with E-state index in [0.29, 0.717) is 35.0 Å². The lowest BCUT2D eigenvalue weighted by Gasteiger charge is -2.22. The Balaban J connectivity index is 1.58. The molecule has 0 spiro atoms. The molecule has 7 heteroatoms. The van der Waals surface area contributed by atoms with Gasteiger partial charge in [-0.3, -0.25) is 9.59 Å². The van der Waals surface area contributed by atoms with Gasteiger partial charge < -0.3 is 24.4 Å². The van der Waals surface area contributed by atoms with Crippen molar-refractivity contribution in [3.63, 3.8) is 0 Å². The van der Waals surface area contributed by atoms with Crippen molar-refractivity contribution < 1.29 is 23.8 Å².